The van der Waals surface area contributed by atoms with Gasteiger partial charge in [0.05, 0.1) is 6.61 Å². The zero-order valence-electron chi connectivity index (χ0n) is 14.8. The molecule has 146 valence electrons. The maximum atomic E-state index is 14.1. The predicted octanol–water partition coefficient (Wildman–Crippen LogP) is 3.86. The molecule has 5 nitrogen and oxygen atoms in total. The first kappa shape index (κ1) is 18.4. The molecule has 0 amide bonds. The summed E-state index contributed by atoms with van der Waals surface area (Å²) in [5.41, 5.74) is -1.34. The van der Waals surface area contributed by atoms with E-state index in [4.69, 9.17) is 24.0 Å². The third-order valence-corrected chi connectivity index (χ3v) is 6.29. The fourth-order valence-corrected chi connectivity index (χ4v) is 5.05. The van der Waals surface area contributed by atoms with Crippen LogP contribution in [0.3, 0.4) is 0 Å². The second-order valence-electron chi connectivity index (χ2n) is 7.88. The topological polar surface area (TPSA) is 46.2 Å². The normalized spacial score (nSPS) is 50.4. The SMILES string of the molecule is C=CCO[C@@]1(C(F)(F)F)O[C@@H]2O[C@@]3(C)C[C@H]4[C@H](C)CC[C@@H](C1=C)[C@@]24OO3. The fourth-order valence-electron chi connectivity index (χ4n) is 5.05. The molecule has 1 spiro atoms. The van der Waals surface area contributed by atoms with E-state index in [0.29, 0.717) is 12.8 Å². The summed E-state index contributed by atoms with van der Waals surface area (Å²) < 4.78 is 58.8. The molecule has 5 rings (SSSR count). The highest BCUT2D eigenvalue weighted by Gasteiger charge is 2.77. The third kappa shape index (κ3) is 2.16. The van der Waals surface area contributed by atoms with Gasteiger partial charge in [-0.2, -0.15) is 13.2 Å². The first-order valence-electron chi connectivity index (χ1n) is 8.83. The molecule has 1 aliphatic carbocycles. The van der Waals surface area contributed by atoms with Gasteiger partial charge in [0.2, 0.25) is 5.79 Å². The number of halogens is 3. The molecule has 0 radical (unpaired) electrons. The summed E-state index contributed by atoms with van der Waals surface area (Å²) in [7, 11) is 0. The summed E-state index contributed by atoms with van der Waals surface area (Å²) in [6.07, 6.45) is -3.08. The molecule has 5 fully saturated rings. The summed E-state index contributed by atoms with van der Waals surface area (Å²) in [4.78, 5) is 11.1. The molecule has 4 saturated heterocycles. The molecule has 26 heavy (non-hydrogen) atoms. The van der Waals surface area contributed by atoms with E-state index < -0.39 is 35.6 Å². The lowest BCUT2D eigenvalue weighted by Crippen LogP contribution is -2.78. The summed E-state index contributed by atoms with van der Waals surface area (Å²) >= 11 is 0. The van der Waals surface area contributed by atoms with Crippen molar-refractivity contribution in [2.75, 3.05) is 6.61 Å². The second kappa shape index (κ2) is 5.54. The summed E-state index contributed by atoms with van der Waals surface area (Å²) in [6, 6.07) is 0. The minimum Gasteiger partial charge on any atom is -0.335 e. The maximum Gasteiger partial charge on any atom is 0.447 e. The highest BCUT2D eigenvalue weighted by atomic mass is 19.4. The predicted molar refractivity (Wildman–Crippen MR) is 83.3 cm³/mol. The molecule has 4 aliphatic heterocycles. The van der Waals surface area contributed by atoms with E-state index in [-0.39, 0.29) is 24.0 Å². The van der Waals surface area contributed by atoms with Crippen LogP contribution in [0.2, 0.25) is 0 Å². The molecule has 2 bridgehead atoms. The van der Waals surface area contributed by atoms with Gasteiger partial charge >= 0.3 is 6.18 Å². The molecule has 8 heteroatoms. The first-order valence-corrected chi connectivity index (χ1v) is 8.83. The van der Waals surface area contributed by atoms with Crippen molar-refractivity contribution in [3.05, 3.63) is 24.8 Å². The van der Waals surface area contributed by atoms with E-state index >= 15 is 0 Å². The van der Waals surface area contributed by atoms with E-state index in [0.717, 1.165) is 6.42 Å². The molecule has 1 saturated carbocycles. The highest BCUT2D eigenvalue weighted by Crippen LogP contribution is 2.65. The molecular formula is C18H23F3O5. The molecule has 4 heterocycles. The van der Waals surface area contributed by atoms with Crippen LogP contribution in [0.4, 0.5) is 13.2 Å². The van der Waals surface area contributed by atoms with Crippen LogP contribution in [-0.4, -0.2) is 36.2 Å². The van der Waals surface area contributed by atoms with E-state index in [1.165, 1.54) is 6.08 Å². The van der Waals surface area contributed by atoms with Crippen LogP contribution in [0.25, 0.3) is 0 Å². The van der Waals surface area contributed by atoms with Gasteiger partial charge < -0.3 is 14.2 Å². The van der Waals surface area contributed by atoms with Gasteiger partial charge in [0, 0.05) is 18.3 Å². The van der Waals surface area contributed by atoms with Gasteiger partial charge in [-0.3, -0.25) is 0 Å². The number of fused-ring (bicyclic) bond motifs is 1. The molecule has 0 aromatic carbocycles. The van der Waals surface area contributed by atoms with Crippen molar-refractivity contribution in [2.45, 2.75) is 62.8 Å². The van der Waals surface area contributed by atoms with Gasteiger partial charge in [-0.05, 0) is 31.3 Å². The average Bonchev–Trinajstić information content (AvgIpc) is 2.56. The monoisotopic (exact) mass is 376 g/mol. The van der Waals surface area contributed by atoms with Gasteiger partial charge in [-0.1, -0.05) is 19.6 Å². The van der Waals surface area contributed by atoms with Crippen molar-refractivity contribution in [3.63, 3.8) is 0 Å². The third-order valence-electron chi connectivity index (χ3n) is 6.29. The largest absolute Gasteiger partial charge is 0.447 e. The number of ether oxygens (including phenoxy) is 3. The van der Waals surface area contributed by atoms with Crippen LogP contribution >= 0.6 is 0 Å². The highest BCUT2D eigenvalue weighted by molar-refractivity contribution is 5.28. The Hall–Kier alpha value is -0.930. The lowest BCUT2D eigenvalue weighted by molar-refractivity contribution is -0.618. The lowest BCUT2D eigenvalue weighted by Gasteiger charge is -2.67. The lowest BCUT2D eigenvalue weighted by atomic mass is 9.56. The van der Waals surface area contributed by atoms with Gasteiger partial charge in [0.15, 0.2) is 11.9 Å². The van der Waals surface area contributed by atoms with Gasteiger partial charge in [0.1, 0.15) is 0 Å². The zero-order chi connectivity index (χ0) is 19.0. The van der Waals surface area contributed by atoms with E-state index in [1.807, 2.05) is 0 Å². The number of hydrogen-bond acceptors (Lipinski definition) is 5. The van der Waals surface area contributed by atoms with E-state index in [1.54, 1.807) is 6.92 Å². The van der Waals surface area contributed by atoms with Crippen LogP contribution in [0.1, 0.15) is 33.1 Å². The van der Waals surface area contributed by atoms with Crippen molar-refractivity contribution in [3.8, 4) is 0 Å². The second-order valence-corrected chi connectivity index (χ2v) is 7.88. The van der Waals surface area contributed by atoms with Crippen molar-refractivity contribution < 1.29 is 37.2 Å². The van der Waals surface area contributed by atoms with E-state index in [9.17, 15) is 13.2 Å². The van der Waals surface area contributed by atoms with Crippen molar-refractivity contribution in [2.24, 2.45) is 17.8 Å². The Labute approximate surface area is 150 Å². The summed E-state index contributed by atoms with van der Waals surface area (Å²) in [5, 5.41) is 0. The number of hydrogen-bond donors (Lipinski definition) is 0. The van der Waals surface area contributed by atoms with Crippen LogP contribution < -0.4 is 0 Å². The molecular weight excluding hydrogens is 353 g/mol. The van der Waals surface area contributed by atoms with Crippen molar-refractivity contribution in [1.82, 2.24) is 0 Å². The van der Waals surface area contributed by atoms with Gasteiger partial charge in [-0.15, -0.1) is 6.58 Å². The molecule has 5 aliphatic rings. The maximum absolute atomic E-state index is 14.1. The molecule has 0 aromatic heterocycles. The van der Waals surface area contributed by atoms with Crippen molar-refractivity contribution in [1.29, 1.82) is 0 Å². The summed E-state index contributed by atoms with van der Waals surface area (Å²) in [5.74, 6) is -4.57. The zero-order valence-corrected chi connectivity index (χ0v) is 14.8. The molecule has 0 N–H and O–H groups in total. The van der Waals surface area contributed by atoms with Gasteiger partial charge in [-0.25, -0.2) is 9.78 Å². The van der Waals surface area contributed by atoms with Crippen LogP contribution in [0.5, 0.6) is 0 Å². The fraction of sp³-hybridized carbons (Fsp3) is 0.778. The van der Waals surface area contributed by atoms with E-state index in [2.05, 4.69) is 20.1 Å². The Balaban J connectivity index is 1.82. The quantitative estimate of drug-likeness (QED) is 0.553. The molecule has 0 aromatic rings. The minimum absolute atomic E-state index is 0.0545. The number of alkyl halides is 3. The Morgan fingerprint density at radius 3 is 2.65 bits per heavy atom. The van der Waals surface area contributed by atoms with Crippen LogP contribution in [-0.2, 0) is 24.0 Å². The molecule has 7 atom stereocenters. The van der Waals surface area contributed by atoms with Crippen LogP contribution in [0, 0.1) is 17.8 Å². The molecule has 0 unspecified atom stereocenters. The Bertz CT molecular complexity index is 637. The Kier molecular flexibility index (Phi) is 3.93. The summed E-state index contributed by atoms with van der Waals surface area (Å²) in [6.45, 7) is 10.6. The smallest absolute Gasteiger partial charge is 0.335 e. The first-order chi connectivity index (χ1) is 12.1. The van der Waals surface area contributed by atoms with Crippen molar-refractivity contribution >= 4 is 0 Å². The standard InChI is InChI=1S/C18H23F3O5/c1-5-8-22-17(18(19,20)21)11(3)12-7-6-10(2)13-9-15(4)23-14(24-17)16(12,13)26-25-15/h5,10,12-14H,1,3,6-9H2,2,4H3/t10-,12+,13+,14+,15-,16+,17-/m1/s1. The number of rotatable bonds is 3. The Morgan fingerprint density at radius 2 is 2.00 bits per heavy atom. The Morgan fingerprint density at radius 1 is 1.27 bits per heavy atom. The van der Waals surface area contributed by atoms with Gasteiger partial charge in [0.25, 0.3) is 5.79 Å². The minimum atomic E-state index is -4.82. The van der Waals surface area contributed by atoms with Crippen LogP contribution in [0.15, 0.2) is 24.8 Å². The average molecular weight is 376 g/mol.